The van der Waals surface area contributed by atoms with E-state index >= 15 is 0 Å². The lowest BCUT2D eigenvalue weighted by Gasteiger charge is -2.29. The number of piperidine rings is 1. The third-order valence-electron chi connectivity index (χ3n) is 4.21. The topological polar surface area (TPSA) is 62.4 Å². The van der Waals surface area contributed by atoms with Crippen LogP contribution in [0.15, 0.2) is 12.1 Å². The van der Waals surface area contributed by atoms with Gasteiger partial charge in [0.2, 0.25) is 5.95 Å². The number of aromatic amines is 1. The van der Waals surface area contributed by atoms with E-state index < -0.39 is 0 Å². The number of nitrogens with one attached hydrogen (secondary N) is 2. The Morgan fingerprint density at radius 2 is 1.90 bits per heavy atom. The van der Waals surface area contributed by atoms with Crippen molar-refractivity contribution in [1.29, 1.82) is 0 Å². The van der Waals surface area contributed by atoms with E-state index in [1.807, 2.05) is 12.1 Å². The van der Waals surface area contributed by atoms with Crippen LogP contribution in [0.4, 0.5) is 5.95 Å². The van der Waals surface area contributed by atoms with Crippen molar-refractivity contribution < 1.29 is 9.47 Å². The van der Waals surface area contributed by atoms with Crippen molar-refractivity contribution in [1.82, 2.24) is 14.9 Å². The van der Waals surface area contributed by atoms with E-state index in [1.165, 1.54) is 0 Å². The van der Waals surface area contributed by atoms with E-state index in [9.17, 15) is 0 Å². The number of anilines is 1. The molecule has 112 valence electrons. The third-order valence-corrected chi connectivity index (χ3v) is 4.21. The van der Waals surface area contributed by atoms with Crippen LogP contribution >= 0.6 is 0 Å². The van der Waals surface area contributed by atoms with Crippen molar-refractivity contribution in [3.63, 3.8) is 0 Å². The molecule has 0 aliphatic carbocycles. The van der Waals surface area contributed by atoms with Crippen LogP contribution in [0, 0.1) is 0 Å². The number of hydrogen-bond acceptors (Lipinski definition) is 5. The highest BCUT2D eigenvalue weighted by Crippen LogP contribution is 2.34. The van der Waals surface area contributed by atoms with E-state index in [0.717, 1.165) is 54.4 Å². The quantitative estimate of drug-likeness (QED) is 0.883. The third kappa shape index (κ3) is 2.51. The van der Waals surface area contributed by atoms with Crippen molar-refractivity contribution in [3.8, 4) is 11.5 Å². The number of aromatic nitrogens is 2. The molecule has 0 amide bonds. The van der Waals surface area contributed by atoms with Gasteiger partial charge in [0.15, 0.2) is 11.5 Å². The minimum Gasteiger partial charge on any atom is -0.486 e. The molecule has 0 saturated carbocycles. The zero-order valence-electron chi connectivity index (χ0n) is 12.2. The van der Waals surface area contributed by atoms with Gasteiger partial charge in [-0.2, -0.15) is 0 Å². The molecule has 1 saturated heterocycles. The number of likely N-dealkylation sites (tertiary alicyclic amines) is 1. The van der Waals surface area contributed by atoms with Crippen molar-refractivity contribution in [3.05, 3.63) is 12.1 Å². The van der Waals surface area contributed by atoms with Gasteiger partial charge < -0.3 is 24.7 Å². The SMILES string of the molecule is CN1CCC(Nc2nc3cc4c(cc3[nH]2)OCCO4)CC1. The van der Waals surface area contributed by atoms with Gasteiger partial charge in [0.05, 0.1) is 11.0 Å². The minimum absolute atomic E-state index is 0.490. The Kier molecular flexibility index (Phi) is 3.11. The summed E-state index contributed by atoms with van der Waals surface area (Å²) in [6.07, 6.45) is 2.30. The molecule has 0 atom stereocenters. The molecule has 2 aliphatic heterocycles. The summed E-state index contributed by atoms with van der Waals surface area (Å²) in [5, 5.41) is 3.51. The Balaban J connectivity index is 1.56. The van der Waals surface area contributed by atoms with Gasteiger partial charge in [-0.1, -0.05) is 0 Å². The molecule has 21 heavy (non-hydrogen) atoms. The molecule has 2 N–H and O–H groups in total. The summed E-state index contributed by atoms with van der Waals surface area (Å²) in [5.41, 5.74) is 1.89. The largest absolute Gasteiger partial charge is 0.486 e. The molecule has 4 rings (SSSR count). The molecule has 2 aromatic rings. The first-order chi connectivity index (χ1) is 10.3. The first-order valence-electron chi connectivity index (χ1n) is 7.52. The van der Waals surface area contributed by atoms with Crippen molar-refractivity contribution in [2.75, 3.05) is 38.7 Å². The predicted molar refractivity (Wildman–Crippen MR) is 81.2 cm³/mol. The van der Waals surface area contributed by atoms with Crippen LogP contribution in [0.3, 0.4) is 0 Å². The number of nitrogens with zero attached hydrogens (tertiary/aromatic N) is 2. The highest BCUT2D eigenvalue weighted by molar-refractivity contribution is 5.81. The molecule has 0 bridgehead atoms. The lowest BCUT2D eigenvalue weighted by molar-refractivity contribution is 0.172. The summed E-state index contributed by atoms with van der Waals surface area (Å²) in [4.78, 5) is 10.3. The number of hydrogen-bond donors (Lipinski definition) is 2. The molecule has 6 nitrogen and oxygen atoms in total. The van der Waals surface area contributed by atoms with Crippen molar-refractivity contribution in [2.24, 2.45) is 0 Å². The summed E-state index contributed by atoms with van der Waals surface area (Å²) >= 11 is 0. The lowest BCUT2D eigenvalue weighted by Crippen LogP contribution is -2.36. The van der Waals surface area contributed by atoms with E-state index in [0.29, 0.717) is 19.3 Å². The summed E-state index contributed by atoms with van der Waals surface area (Å²) in [6.45, 7) is 3.47. The second-order valence-electron chi connectivity index (χ2n) is 5.82. The first-order valence-corrected chi connectivity index (χ1v) is 7.52. The zero-order valence-corrected chi connectivity index (χ0v) is 12.2. The van der Waals surface area contributed by atoms with Crippen molar-refractivity contribution in [2.45, 2.75) is 18.9 Å². The minimum atomic E-state index is 0.490. The molecule has 1 aromatic carbocycles. The standard InChI is InChI=1S/C15H20N4O2/c1-19-4-2-10(3-5-19)16-15-17-11-8-13-14(9-12(11)18-15)21-7-6-20-13/h8-10H,2-7H2,1H3,(H2,16,17,18). The summed E-state index contributed by atoms with van der Waals surface area (Å²) in [5.74, 6) is 2.41. The summed E-state index contributed by atoms with van der Waals surface area (Å²) in [6, 6.07) is 4.40. The molecule has 3 heterocycles. The van der Waals surface area contributed by atoms with Crippen LogP contribution < -0.4 is 14.8 Å². The van der Waals surface area contributed by atoms with E-state index in [2.05, 4.69) is 27.2 Å². The molecule has 0 unspecified atom stereocenters. The van der Waals surface area contributed by atoms with Gasteiger partial charge in [0.25, 0.3) is 0 Å². The molecular formula is C15H20N4O2. The van der Waals surface area contributed by atoms with Crippen LogP contribution in [0.1, 0.15) is 12.8 Å². The second-order valence-corrected chi connectivity index (χ2v) is 5.82. The normalized spacial score (nSPS) is 19.9. The Labute approximate surface area is 123 Å². The Morgan fingerprint density at radius 1 is 1.19 bits per heavy atom. The monoisotopic (exact) mass is 288 g/mol. The predicted octanol–water partition coefficient (Wildman–Crippen LogP) is 1.84. The van der Waals surface area contributed by atoms with Crippen LogP contribution in [0.2, 0.25) is 0 Å². The van der Waals surface area contributed by atoms with Gasteiger partial charge in [0, 0.05) is 18.2 Å². The van der Waals surface area contributed by atoms with E-state index in [4.69, 9.17) is 9.47 Å². The van der Waals surface area contributed by atoms with E-state index in [-0.39, 0.29) is 0 Å². The van der Waals surface area contributed by atoms with E-state index in [1.54, 1.807) is 0 Å². The number of benzene rings is 1. The average Bonchev–Trinajstić information content (AvgIpc) is 2.88. The Bertz CT molecular complexity index is 603. The summed E-state index contributed by atoms with van der Waals surface area (Å²) < 4.78 is 11.2. The van der Waals surface area contributed by atoms with Crippen LogP contribution in [-0.2, 0) is 0 Å². The molecular weight excluding hydrogens is 268 g/mol. The van der Waals surface area contributed by atoms with Crippen LogP contribution in [0.25, 0.3) is 11.0 Å². The van der Waals surface area contributed by atoms with Gasteiger partial charge in [-0.3, -0.25) is 0 Å². The maximum atomic E-state index is 5.60. The number of fused-ring (bicyclic) bond motifs is 2. The Hall–Kier alpha value is -1.95. The lowest BCUT2D eigenvalue weighted by atomic mass is 10.1. The fourth-order valence-corrected chi connectivity index (χ4v) is 2.96. The maximum Gasteiger partial charge on any atom is 0.201 e. The number of H-pyrrole nitrogens is 1. The van der Waals surface area contributed by atoms with Gasteiger partial charge in [-0.25, -0.2) is 4.98 Å². The van der Waals surface area contributed by atoms with Crippen LogP contribution in [-0.4, -0.2) is 54.3 Å². The molecule has 6 heteroatoms. The fourth-order valence-electron chi connectivity index (χ4n) is 2.96. The molecule has 1 fully saturated rings. The van der Waals surface area contributed by atoms with Crippen LogP contribution in [0.5, 0.6) is 11.5 Å². The van der Waals surface area contributed by atoms with Gasteiger partial charge in [-0.05, 0) is 33.0 Å². The first kappa shape index (κ1) is 12.8. The fraction of sp³-hybridized carbons (Fsp3) is 0.533. The Morgan fingerprint density at radius 3 is 2.67 bits per heavy atom. The van der Waals surface area contributed by atoms with Gasteiger partial charge in [0.1, 0.15) is 13.2 Å². The molecule has 2 aliphatic rings. The number of rotatable bonds is 2. The highest BCUT2D eigenvalue weighted by Gasteiger charge is 2.19. The maximum absolute atomic E-state index is 5.60. The molecule has 0 radical (unpaired) electrons. The second kappa shape index (κ2) is 5.11. The van der Waals surface area contributed by atoms with Gasteiger partial charge in [-0.15, -0.1) is 0 Å². The average molecular weight is 288 g/mol. The smallest absolute Gasteiger partial charge is 0.201 e. The molecule has 1 aromatic heterocycles. The molecule has 0 spiro atoms. The summed E-state index contributed by atoms with van der Waals surface area (Å²) in [7, 11) is 2.17. The van der Waals surface area contributed by atoms with Crippen molar-refractivity contribution >= 4 is 17.0 Å². The van der Waals surface area contributed by atoms with Gasteiger partial charge >= 0.3 is 0 Å². The zero-order chi connectivity index (χ0) is 14.2. The highest BCUT2D eigenvalue weighted by atomic mass is 16.6. The number of ether oxygens (including phenoxy) is 2. The number of imidazole rings is 1.